The van der Waals surface area contributed by atoms with Crippen LogP contribution < -0.4 is 5.73 Å². The van der Waals surface area contributed by atoms with E-state index >= 15 is 0 Å². The molecule has 2 N–H and O–H groups in total. The van der Waals surface area contributed by atoms with Gasteiger partial charge in [0, 0.05) is 24.3 Å². The Bertz CT molecular complexity index is 359. The number of rotatable bonds is 2. The maximum Gasteiger partial charge on any atom is 0.136 e. The highest BCUT2D eigenvalue weighted by molar-refractivity contribution is 5.31. The Morgan fingerprint density at radius 2 is 2.25 bits per heavy atom. The predicted octanol–water partition coefficient (Wildman–Crippen LogP) is 2.08. The van der Waals surface area contributed by atoms with E-state index in [1.165, 1.54) is 0 Å². The third-order valence-corrected chi connectivity index (χ3v) is 2.90. The molecular formula is C12H19N3O. The first-order valence-corrected chi connectivity index (χ1v) is 5.89. The molecule has 4 nitrogen and oxygen atoms in total. The largest absolute Gasteiger partial charge is 0.384 e. The van der Waals surface area contributed by atoms with Gasteiger partial charge < -0.3 is 10.5 Å². The van der Waals surface area contributed by atoms with Gasteiger partial charge in [0.2, 0.25) is 0 Å². The van der Waals surface area contributed by atoms with E-state index in [1.54, 1.807) is 0 Å². The Hall–Kier alpha value is -1.16. The van der Waals surface area contributed by atoms with E-state index in [0.29, 0.717) is 17.7 Å². The standard InChI is InChI=1S/C12H19N3O/c1-8(2)10-6-11(13)15-12(14-10)9-4-3-5-16-7-9/h6,8-9H,3-5,7H2,1-2H3,(H2,13,14,15). The van der Waals surface area contributed by atoms with E-state index in [2.05, 4.69) is 23.8 Å². The minimum Gasteiger partial charge on any atom is -0.384 e. The lowest BCUT2D eigenvalue weighted by Gasteiger charge is -2.21. The monoisotopic (exact) mass is 221 g/mol. The second kappa shape index (κ2) is 4.78. The van der Waals surface area contributed by atoms with Crippen molar-refractivity contribution in [2.24, 2.45) is 0 Å². The fourth-order valence-electron chi connectivity index (χ4n) is 1.93. The van der Waals surface area contributed by atoms with Crippen molar-refractivity contribution in [3.63, 3.8) is 0 Å². The Morgan fingerprint density at radius 1 is 1.44 bits per heavy atom. The van der Waals surface area contributed by atoms with Crippen LogP contribution in [0.15, 0.2) is 6.07 Å². The van der Waals surface area contributed by atoms with Crippen LogP contribution >= 0.6 is 0 Å². The molecule has 1 atom stereocenters. The van der Waals surface area contributed by atoms with Gasteiger partial charge in [0.1, 0.15) is 11.6 Å². The van der Waals surface area contributed by atoms with Gasteiger partial charge in [0.05, 0.1) is 6.61 Å². The van der Waals surface area contributed by atoms with Crippen LogP contribution in [0, 0.1) is 0 Å². The van der Waals surface area contributed by atoms with Gasteiger partial charge in [-0.25, -0.2) is 9.97 Å². The first kappa shape index (κ1) is 11.3. The molecule has 1 aliphatic rings. The molecule has 2 rings (SSSR count). The van der Waals surface area contributed by atoms with E-state index in [-0.39, 0.29) is 0 Å². The minimum atomic E-state index is 0.315. The van der Waals surface area contributed by atoms with Crippen LogP contribution in [-0.4, -0.2) is 23.2 Å². The maximum atomic E-state index is 5.81. The number of nitrogen functional groups attached to an aromatic ring is 1. The summed E-state index contributed by atoms with van der Waals surface area (Å²) in [6, 6.07) is 1.86. The topological polar surface area (TPSA) is 61.0 Å². The zero-order valence-corrected chi connectivity index (χ0v) is 9.94. The van der Waals surface area contributed by atoms with Gasteiger partial charge in [-0.05, 0) is 18.8 Å². The van der Waals surface area contributed by atoms with E-state index < -0.39 is 0 Å². The molecule has 0 radical (unpaired) electrons. The molecule has 0 spiro atoms. The molecule has 0 amide bonds. The number of hydrogen-bond acceptors (Lipinski definition) is 4. The molecule has 1 aliphatic heterocycles. The summed E-state index contributed by atoms with van der Waals surface area (Å²) < 4.78 is 5.46. The summed E-state index contributed by atoms with van der Waals surface area (Å²) in [5, 5.41) is 0. The van der Waals surface area contributed by atoms with Crippen molar-refractivity contribution in [1.29, 1.82) is 0 Å². The molecule has 88 valence electrons. The Labute approximate surface area is 96.2 Å². The van der Waals surface area contributed by atoms with Crippen LogP contribution in [0.3, 0.4) is 0 Å². The highest BCUT2D eigenvalue weighted by Crippen LogP contribution is 2.24. The van der Waals surface area contributed by atoms with Gasteiger partial charge in [-0.1, -0.05) is 13.8 Å². The van der Waals surface area contributed by atoms with Gasteiger partial charge in [0.25, 0.3) is 0 Å². The van der Waals surface area contributed by atoms with Crippen molar-refractivity contribution < 1.29 is 4.74 Å². The maximum absolute atomic E-state index is 5.81. The summed E-state index contributed by atoms with van der Waals surface area (Å²) in [6.45, 7) is 5.81. The lowest BCUT2D eigenvalue weighted by molar-refractivity contribution is 0.0780. The molecule has 2 heterocycles. The summed E-state index contributed by atoms with van der Waals surface area (Å²) in [5.41, 5.74) is 6.83. The smallest absolute Gasteiger partial charge is 0.136 e. The summed E-state index contributed by atoms with van der Waals surface area (Å²) in [6.07, 6.45) is 2.18. The fourth-order valence-corrected chi connectivity index (χ4v) is 1.93. The van der Waals surface area contributed by atoms with E-state index in [4.69, 9.17) is 10.5 Å². The predicted molar refractivity (Wildman–Crippen MR) is 63.3 cm³/mol. The van der Waals surface area contributed by atoms with Gasteiger partial charge in [-0.2, -0.15) is 0 Å². The number of anilines is 1. The molecule has 1 aromatic heterocycles. The van der Waals surface area contributed by atoms with Gasteiger partial charge in [-0.3, -0.25) is 0 Å². The molecule has 4 heteroatoms. The molecule has 1 unspecified atom stereocenters. The fraction of sp³-hybridized carbons (Fsp3) is 0.667. The van der Waals surface area contributed by atoms with Crippen molar-refractivity contribution in [2.75, 3.05) is 18.9 Å². The van der Waals surface area contributed by atoms with Crippen LogP contribution in [0.25, 0.3) is 0 Å². The third kappa shape index (κ3) is 2.50. The molecule has 0 saturated carbocycles. The van der Waals surface area contributed by atoms with Crippen LogP contribution in [0.2, 0.25) is 0 Å². The summed E-state index contributed by atoms with van der Waals surface area (Å²) >= 11 is 0. The Balaban J connectivity index is 2.25. The Morgan fingerprint density at radius 3 is 2.88 bits per heavy atom. The SMILES string of the molecule is CC(C)c1cc(N)nc(C2CCCOC2)n1. The van der Waals surface area contributed by atoms with Crippen molar-refractivity contribution >= 4 is 5.82 Å². The van der Waals surface area contributed by atoms with Crippen LogP contribution in [0.4, 0.5) is 5.82 Å². The van der Waals surface area contributed by atoms with E-state index in [1.807, 2.05) is 6.07 Å². The van der Waals surface area contributed by atoms with Crippen molar-refractivity contribution in [3.05, 3.63) is 17.6 Å². The molecule has 0 aromatic carbocycles. The zero-order chi connectivity index (χ0) is 11.5. The molecule has 0 bridgehead atoms. The van der Waals surface area contributed by atoms with Crippen molar-refractivity contribution in [3.8, 4) is 0 Å². The zero-order valence-electron chi connectivity index (χ0n) is 9.94. The molecule has 1 aromatic rings. The second-order valence-corrected chi connectivity index (χ2v) is 4.64. The van der Waals surface area contributed by atoms with E-state index in [9.17, 15) is 0 Å². The number of aromatic nitrogens is 2. The number of nitrogens with two attached hydrogens (primary N) is 1. The quantitative estimate of drug-likeness (QED) is 0.830. The summed E-state index contributed by atoms with van der Waals surface area (Å²) in [7, 11) is 0. The van der Waals surface area contributed by atoms with Gasteiger partial charge in [0.15, 0.2) is 0 Å². The van der Waals surface area contributed by atoms with Crippen molar-refractivity contribution in [2.45, 2.75) is 38.5 Å². The highest BCUT2D eigenvalue weighted by Gasteiger charge is 2.20. The number of nitrogens with zero attached hydrogens (tertiary/aromatic N) is 2. The average Bonchev–Trinajstić information content (AvgIpc) is 2.29. The molecular weight excluding hydrogens is 202 g/mol. The van der Waals surface area contributed by atoms with Gasteiger partial charge in [-0.15, -0.1) is 0 Å². The number of ether oxygens (including phenoxy) is 1. The van der Waals surface area contributed by atoms with Gasteiger partial charge >= 0.3 is 0 Å². The summed E-state index contributed by atoms with van der Waals surface area (Å²) in [5.74, 6) is 2.12. The second-order valence-electron chi connectivity index (χ2n) is 4.64. The number of hydrogen-bond donors (Lipinski definition) is 1. The normalized spacial score (nSPS) is 21.3. The Kier molecular flexibility index (Phi) is 3.39. The summed E-state index contributed by atoms with van der Waals surface area (Å²) in [4.78, 5) is 8.91. The van der Waals surface area contributed by atoms with E-state index in [0.717, 1.165) is 37.6 Å². The third-order valence-electron chi connectivity index (χ3n) is 2.90. The van der Waals surface area contributed by atoms with Crippen LogP contribution in [-0.2, 0) is 4.74 Å². The first-order chi connectivity index (χ1) is 7.66. The lowest BCUT2D eigenvalue weighted by atomic mass is 10.0. The first-order valence-electron chi connectivity index (χ1n) is 5.89. The molecule has 16 heavy (non-hydrogen) atoms. The lowest BCUT2D eigenvalue weighted by Crippen LogP contribution is -2.19. The molecule has 1 saturated heterocycles. The average molecular weight is 221 g/mol. The molecule has 0 aliphatic carbocycles. The van der Waals surface area contributed by atoms with Crippen LogP contribution in [0.1, 0.15) is 50.0 Å². The van der Waals surface area contributed by atoms with Crippen molar-refractivity contribution in [1.82, 2.24) is 9.97 Å². The highest BCUT2D eigenvalue weighted by atomic mass is 16.5. The van der Waals surface area contributed by atoms with Crippen LogP contribution in [0.5, 0.6) is 0 Å². The molecule has 1 fully saturated rings. The minimum absolute atomic E-state index is 0.315.